The Balaban J connectivity index is 2.81. The lowest BCUT2D eigenvalue weighted by molar-refractivity contribution is -0.384. The SMILES string of the molecule is CCCNCc1cc([N+](=O)[O-])ccc1OCC(CC)CC. The average molecular weight is 294 g/mol. The molecule has 0 bridgehead atoms. The van der Waals surface area contributed by atoms with E-state index in [1.165, 1.54) is 6.07 Å². The Kier molecular flexibility index (Phi) is 7.75. The summed E-state index contributed by atoms with van der Waals surface area (Å²) in [4.78, 5) is 10.5. The third-order valence-corrected chi connectivity index (χ3v) is 3.63. The van der Waals surface area contributed by atoms with Crippen LogP contribution < -0.4 is 10.1 Å². The fourth-order valence-electron chi connectivity index (χ4n) is 2.09. The van der Waals surface area contributed by atoms with Crippen LogP contribution in [0.15, 0.2) is 18.2 Å². The Morgan fingerprint density at radius 2 is 2.00 bits per heavy atom. The molecular weight excluding hydrogens is 268 g/mol. The molecule has 5 heteroatoms. The summed E-state index contributed by atoms with van der Waals surface area (Å²) in [5.41, 5.74) is 0.960. The summed E-state index contributed by atoms with van der Waals surface area (Å²) in [5.74, 6) is 1.27. The van der Waals surface area contributed by atoms with Gasteiger partial charge in [-0.05, 0) is 24.9 Å². The van der Waals surface area contributed by atoms with E-state index >= 15 is 0 Å². The van der Waals surface area contributed by atoms with Crippen LogP contribution in [-0.4, -0.2) is 18.1 Å². The molecular formula is C16H26N2O3. The van der Waals surface area contributed by atoms with Gasteiger partial charge in [-0.2, -0.15) is 0 Å². The first-order chi connectivity index (χ1) is 10.1. The lowest BCUT2D eigenvalue weighted by Gasteiger charge is -2.16. The highest BCUT2D eigenvalue weighted by atomic mass is 16.6. The van der Waals surface area contributed by atoms with Gasteiger partial charge < -0.3 is 10.1 Å². The molecule has 0 aromatic heterocycles. The molecule has 0 saturated heterocycles. The maximum Gasteiger partial charge on any atom is 0.270 e. The van der Waals surface area contributed by atoms with Crippen molar-refractivity contribution in [1.82, 2.24) is 5.32 Å². The Morgan fingerprint density at radius 3 is 2.57 bits per heavy atom. The van der Waals surface area contributed by atoms with E-state index < -0.39 is 0 Å². The molecule has 1 N–H and O–H groups in total. The monoisotopic (exact) mass is 294 g/mol. The summed E-state index contributed by atoms with van der Waals surface area (Å²) >= 11 is 0. The predicted molar refractivity (Wildman–Crippen MR) is 84.7 cm³/mol. The zero-order valence-electron chi connectivity index (χ0n) is 13.2. The number of benzene rings is 1. The molecule has 21 heavy (non-hydrogen) atoms. The number of nitro benzene ring substituents is 1. The van der Waals surface area contributed by atoms with Crippen LogP contribution in [0.1, 0.15) is 45.6 Å². The minimum atomic E-state index is -0.367. The number of non-ortho nitro benzene ring substituents is 1. The molecule has 0 atom stereocenters. The summed E-state index contributed by atoms with van der Waals surface area (Å²) in [5, 5.41) is 14.2. The Hall–Kier alpha value is -1.62. The van der Waals surface area contributed by atoms with Crippen molar-refractivity contribution in [3.8, 4) is 5.75 Å². The zero-order chi connectivity index (χ0) is 15.7. The topological polar surface area (TPSA) is 64.4 Å². The highest BCUT2D eigenvalue weighted by molar-refractivity contribution is 5.43. The number of hydrogen-bond donors (Lipinski definition) is 1. The summed E-state index contributed by atoms with van der Waals surface area (Å²) < 4.78 is 5.88. The van der Waals surface area contributed by atoms with Gasteiger partial charge in [-0.25, -0.2) is 0 Å². The summed E-state index contributed by atoms with van der Waals surface area (Å²) in [6.07, 6.45) is 3.18. The van der Waals surface area contributed by atoms with Crippen molar-refractivity contribution >= 4 is 5.69 Å². The molecule has 0 aliphatic heterocycles. The second-order valence-corrected chi connectivity index (χ2v) is 5.22. The Morgan fingerprint density at radius 1 is 1.29 bits per heavy atom. The average Bonchev–Trinajstić information content (AvgIpc) is 2.49. The lowest BCUT2D eigenvalue weighted by atomic mass is 10.1. The fourth-order valence-corrected chi connectivity index (χ4v) is 2.09. The molecule has 0 unspecified atom stereocenters. The standard InChI is InChI=1S/C16H26N2O3/c1-4-9-17-11-14-10-15(18(19)20)7-8-16(14)21-12-13(5-2)6-3/h7-8,10,13,17H,4-6,9,11-12H2,1-3H3. The van der Waals surface area contributed by atoms with Gasteiger partial charge in [-0.3, -0.25) is 10.1 Å². The van der Waals surface area contributed by atoms with Crippen LogP contribution in [0.25, 0.3) is 0 Å². The second-order valence-electron chi connectivity index (χ2n) is 5.22. The van der Waals surface area contributed by atoms with Crippen molar-refractivity contribution in [1.29, 1.82) is 0 Å². The van der Waals surface area contributed by atoms with E-state index in [-0.39, 0.29) is 10.6 Å². The quantitative estimate of drug-likeness (QED) is 0.404. The molecule has 0 fully saturated rings. The molecule has 0 aliphatic carbocycles. The van der Waals surface area contributed by atoms with Crippen molar-refractivity contribution in [2.45, 2.75) is 46.6 Å². The van der Waals surface area contributed by atoms with E-state index in [2.05, 4.69) is 26.1 Å². The molecule has 0 spiro atoms. The molecule has 5 nitrogen and oxygen atoms in total. The van der Waals surface area contributed by atoms with E-state index in [4.69, 9.17) is 4.74 Å². The third-order valence-electron chi connectivity index (χ3n) is 3.63. The molecule has 0 heterocycles. The Bertz CT molecular complexity index is 445. The number of rotatable bonds is 10. The number of nitro groups is 1. The minimum absolute atomic E-state index is 0.109. The van der Waals surface area contributed by atoms with Crippen LogP contribution in [0.3, 0.4) is 0 Å². The van der Waals surface area contributed by atoms with Gasteiger partial charge in [-0.1, -0.05) is 33.6 Å². The van der Waals surface area contributed by atoms with Crippen LogP contribution >= 0.6 is 0 Å². The summed E-state index contributed by atoms with van der Waals surface area (Å²) in [6, 6.07) is 4.82. The van der Waals surface area contributed by atoms with Crippen molar-refractivity contribution in [2.24, 2.45) is 5.92 Å². The molecule has 0 amide bonds. The van der Waals surface area contributed by atoms with E-state index in [0.717, 1.165) is 37.1 Å². The van der Waals surface area contributed by atoms with Crippen LogP contribution in [-0.2, 0) is 6.54 Å². The zero-order valence-corrected chi connectivity index (χ0v) is 13.2. The van der Waals surface area contributed by atoms with Crippen molar-refractivity contribution in [3.05, 3.63) is 33.9 Å². The second kappa shape index (κ2) is 9.34. The normalized spacial score (nSPS) is 10.9. The molecule has 0 radical (unpaired) electrons. The maximum atomic E-state index is 10.9. The van der Waals surface area contributed by atoms with Gasteiger partial charge in [-0.15, -0.1) is 0 Å². The van der Waals surface area contributed by atoms with Gasteiger partial charge in [0.1, 0.15) is 5.75 Å². The summed E-state index contributed by atoms with van der Waals surface area (Å²) in [6.45, 7) is 8.52. The summed E-state index contributed by atoms with van der Waals surface area (Å²) in [7, 11) is 0. The van der Waals surface area contributed by atoms with E-state index in [1.54, 1.807) is 12.1 Å². The van der Waals surface area contributed by atoms with Crippen molar-refractivity contribution < 1.29 is 9.66 Å². The van der Waals surface area contributed by atoms with E-state index in [0.29, 0.717) is 19.1 Å². The third kappa shape index (κ3) is 5.71. The number of nitrogens with zero attached hydrogens (tertiary/aromatic N) is 1. The molecule has 1 aromatic carbocycles. The highest BCUT2D eigenvalue weighted by Gasteiger charge is 2.13. The first-order valence-electron chi connectivity index (χ1n) is 7.73. The highest BCUT2D eigenvalue weighted by Crippen LogP contribution is 2.25. The molecule has 0 saturated carbocycles. The number of nitrogens with one attached hydrogen (secondary N) is 1. The van der Waals surface area contributed by atoms with Gasteiger partial charge in [0.25, 0.3) is 5.69 Å². The molecule has 0 aliphatic rings. The predicted octanol–water partition coefficient (Wildman–Crippen LogP) is 3.91. The largest absolute Gasteiger partial charge is 0.493 e. The molecule has 118 valence electrons. The molecule has 1 rings (SSSR count). The van der Waals surface area contributed by atoms with Crippen LogP contribution in [0.2, 0.25) is 0 Å². The van der Waals surface area contributed by atoms with Crippen LogP contribution in [0.5, 0.6) is 5.75 Å². The van der Waals surface area contributed by atoms with Crippen LogP contribution in [0.4, 0.5) is 5.69 Å². The van der Waals surface area contributed by atoms with Gasteiger partial charge in [0, 0.05) is 24.2 Å². The lowest BCUT2D eigenvalue weighted by Crippen LogP contribution is -2.16. The molecule has 1 aromatic rings. The first-order valence-corrected chi connectivity index (χ1v) is 7.73. The van der Waals surface area contributed by atoms with Gasteiger partial charge in [0.2, 0.25) is 0 Å². The smallest absolute Gasteiger partial charge is 0.270 e. The first kappa shape index (κ1) is 17.4. The number of ether oxygens (including phenoxy) is 1. The Labute approximate surface area is 126 Å². The number of hydrogen-bond acceptors (Lipinski definition) is 4. The van der Waals surface area contributed by atoms with Crippen LogP contribution in [0, 0.1) is 16.0 Å². The maximum absolute atomic E-state index is 10.9. The fraction of sp³-hybridized carbons (Fsp3) is 0.625. The van der Waals surface area contributed by atoms with E-state index in [1.807, 2.05) is 0 Å². The van der Waals surface area contributed by atoms with Gasteiger partial charge in [0.05, 0.1) is 11.5 Å². The van der Waals surface area contributed by atoms with Crippen molar-refractivity contribution in [3.63, 3.8) is 0 Å². The van der Waals surface area contributed by atoms with Gasteiger partial charge >= 0.3 is 0 Å². The van der Waals surface area contributed by atoms with E-state index in [9.17, 15) is 10.1 Å². The van der Waals surface area contributed by atoms with Gasteiger partial charge in [0.15, 0.2) is 0 Å². The van der Waals surface area contributed by atoms with Crippen molar-refractivity contribution in [2.75, 3.05) is 13.2 Å². The minimum Gasteiger partial charge on any atom is -0.493 e.